The van der Waals surface area contributed by atoms with Crippen molar-refractivity contribution in [2.24, 2.45) is 5.92 Å². The number of para-hydroxylation sites is 2. The van der Waals surface area contributed by atoms with Crippen molar-refractivity contribution in [2.75, 3.05) is 38.0 Å². The third-order valence-electron chi connectivity index (χ3n) is 6.79. The van der Waals surface area contributed by atoms with E-state index in [0.29, 0.717) is 12.5 Å². The molecule has 2 aliphatic heterocycles. The molecule has 2 saturated heterocycles. The number of carbonyl (C=O) groups is 2. The van der Waals surface area contributed by atoms with Crippen molar-refractivity contribution in [3.63, 3.8) is 0 Å². The van der Waals surface area contributed by atoms with E-state index in [1.807, 2.05) is 41.3 Å². The number of benzene rings is 2. The molecule has 172 valence electrons. The molecule has 2 amide bonds. The zero-order chi connectivity index (χ0) is 22.6. The summed E-state index contributed by atoms with van der Waals surface area (Å²) in [5.74, 6) is 0.623. The van der Waals surface area contributed by atoms with Crippen LogP contribution in [-0.2, 0) is 9.59 Å². The lowest BCUT2D eigenvalue weighted by Gasteiger charge is -2.35. The molecule has 1 N–H and O–H groups in total. The maximum absolute atomic E-state index is 13.1. The van der Waals surface area contributed by atoms with Gasteiger partial charge in [0.05, 0.1) is 21.8 Å². The fraction of sp³-hybridized carbons (Fsp3) is 0.423. The normalized spacial score (nSPS) is 20.1. The van der Waals surface area contributed by atoms with Crippen LogP contribution in [0.3, 0.4) is 0 Å². The van der Waals surface area contributed by atoms with Gasteiger partial charge in [0.25, 0.3) is 0 Å². The standard InChI is InChI=1S/C26H30N4O2S/c31-24(18-29-15-12-19(13-16-29)25(32)27-21-8-2-1-3-9-21)30-14-6-7-20(17-30)26-28-22-10-4-5-11-23(22)33-26/h1-5,8-11,19-20H,6-7,12-18H2,(H,27,32). The second kappa shape index (κ2) is 10.0. The summed E-state index contributed by atoms with van der Waals surface area (Å²) in [4.78, 5) is 34.7. The highest BCUT2D eigenvalue weighted by atomic mass is 32.1. The van der Waals surface area contributed by atoms with Gasteiger partial charge in [0.1, 0.15) is 0 Å². The number of aromatic nitrogens is 1. The van der Waals surface area contributed by atoms with E-state index in [-0.39, 0.29) is 17.7 Å². The van der Waals surface area contributed by atoms with E-state index in [2.05, 4.69) is 28.4 Å². The van der Waals surface area contributed by atoms with E-state index >= 15 is 0 Å². The van der Waals surface area contributed by atoms with Crippen LogP contribution in [0.5, 0.6) is 0 Å². The highest BCUT2D eigenvalue weighted by Gasteiger charge is 2.30. The Morgan fingerprint density at radius 1 is 0.970 bits per heavy atom. The molecule has 1 unspecified atom stereocenters. The summed E-state index contributed by atoms with van der Waals surface area (Å²) in [5.41, 5.74) is 1.90. The number of nitrogens with one attached hydrogen (secondary N) is 1. The van der Waals surface area contributed by atoms with Gasteiger partial charge in [0, 0.05) is 30.6 Å². The van der Waals surface area contributed by atoms with Gasteiger partial charge < -0.3 is 10.2 Å². The van der Waals surface area contributed by atoms with Crippen LogP contribution in [0.4, 0.5) is 5.69 Å². The number of thiazole rings is 1. The summed E-state index contributed by atoms with van der Waals surface area (Å²) in [6, 6.07) is 17.9. The predicted octanol–water partition coefficient (Wildman–Crippen LogP) is 4.35. The average Bonchev–Trinajstić information content (AvgIpc) is 3.30. The number of hydrogen-bond acceptors (Lipinski definition) is 5. The lowest BCUT2D eigenvalue weighted by molar-refractivity contribution is -0.134. The third kappa shape index (κ3) is 5.25. The van der Waals surface area contributed by atoms with Gasteiger partial charge in [-0.2, -0.15) is 0 Å². The number of nitrogens with zero attached hydrogens (tertiary/aromatic N) is 3. The summed E-state index contributed by atoms with van der Waals surface area (Å²) < 4.78 is 1.22. The quantitative estimate of drug-likeness (QED) is 0.612. The lowest BCUT2D eigenvalue weighted by atomic mass is 9.95. The molecule has 0 spiro atoms. The first-order valence-electron chi connectivity index (χ1n) is 11.9. The number of hydrogen-bond donors (Lipinski definition) is 1. The highest BCUT2D eigenvalue weighted by Crippen LogP contribution is 2.33. The van der Waals surface area contributed by atoms with Gasteiger partial charge in [-0.1, -0.05) is 30.3 Å². The molecule has 3 aromatic rings. The summed E-state index contributed by atoms with van der Waals surface area (Å²) in [5, 5.41) is 4.16. The summed E-state index contributed by atoms with van der Waals surface area (Å²) in [6.07, 6.45) is 3.69. The molecule has 5 rings (SSSR count). The third-order valence-corrected chi connectivity index (χ3v) is 7.99. The SMILES string of the molecule is O=C(Nc1ccccc1)C1CCN(CC(=O)N2CCCC(c3nc4ccccc4s3)C2)CC1. The van der Waals surface area contributed by atoms with Gasteiger partial charge in [-0.15, -0.1) is 11.3 Å². The molecule has 0 radical (unpaired) electrons. The minimum absolute atomic E-state index is 0.00922. The molecule has 7 heteroatoms. The van der Waals surface area contributed by atoms with Gasteiger partial charge in [-0.3, -0.25) is 14.5 Å². The number of fused-ring (bicyclic) bond motifs is 1. The van der Waals surface area contributed by atoms with Crippen molar-refractivity contribution in [3.8, 4) is 0 Å². The number of piperidine rings is 2. The second-order valence-electron chi connectivity index (χ2n) is 9.10. The Hall–Kier alpha value is -2.77. The van der Waals surface area contributed by atoms with Crippen molar-refractivity contribution in [1.82, 2.24) is 14.8 Å². The number of amides is 2. The van der Waals surface area contributed by atoms with Gasteiger partial charge in [0.2, 0.25) is 11.8 Å². The van der Waals surface area contributed by atoms with Crippen LogP contribution < -0.4 is 5.32 Å². The Labute approximate surface area is 198 Å². The van der Waals surface area contributed by atoms with Gasteiger partial charge in [-0.25, -0.2) is 4.98 Å². The first-order chi connectivity index (χ1) is 16.2. The van der Waals surface area contributed by atoms with Gasteiger partial charge in [0.15, 0.2) is 0 Å². The molecule has 6 nitrogen and oxygen atoms in total. The number of carbonyl (C=O) groups excluding carboxylic acids is 2. The Morgan fingerprint density at radius 2 is 1.73 bits per heavy atom. The zero-order valence-electron chi connectivity index (χ0n) is 18.8. The lowest BCUT2D eigenvalue weighted by Crippen LogP contribution is -2.47. The molecule has 2 aromatic carbocycles. The molecule has 2 aliphatic rings. The smallest absolute Gasteiger partial charge is 0.236 e. The Bertz CT molecular complexity index is 1070. The fourth-order valence-electron chi connectivity index (χ4n) is 4.88. The number of rotatable bonds is 5. The minimum atomic E-state index is 0.00922. The molecule has 1 aromatic heterocycles. The molecule has 3 heterocycles. The largest absolute Gasteiger partial charge is 0.341 e. The molecule has 1 atom stereocenters. The van der Waals surface area contributed by atoms with E-state index in [4.69, 9.17) is 4.98 Å². The molecular formula is C26H30N4O2S. The van der Waals surface area contributed by atoms with Crippen LogP contribution in [0.1, 0.15) is 36.6 Å². The maximum atomic E-state index is 13.1. The van der Waals surface area contributed by atoms with E-state index in [1.54, 1.807) is 11.3 Å². The summed E-state index contributed by atoms with van der Waals surface area (Å²) >= 11 is 1.76. The zero-order valence-corrected chi connectivity index (χ0v) is 19.6. The maximum Gasteiger partial charge on any atom is 0.236 e. The van der Waals surface area contributed by atoms with Crippen molar-refractivity contribution in [1.29, 1.82) is 0 Å². The monoisotopic (exact) mass is 462 g/mol. The number of likely N-dealkylation sites (tertiary alicyclic amines) is 2. The average molecular weight is 463 g/mol. The van der Waals surface area contributed by atoms with Crippen molar-refractivity contribution < 1.29 is 9.59 Å². The van der Waals surface area contributed by atoms with Crippen molar-refractivity contribution >= 4 is 39.1 Å². The van der Waals surface area contributed by atoms with E-state index < -0.39 is 0 Å². The molecule has 0 saturated carbocycles. The molecular weight excluding hydrogens is 432 g/mol. The van der Waals surface area contributed by atoms with E-state index in [0.717, 1.165) is 68.1 Å². The van der Waals surface area contributed by atoms with Crippen LogP contribution in [0.2, 0.25) is 0 Å². The Morgan fingerprint density at radius 3 is 2.52 bits per heavy atom. The van der Waals surface area contributed by atoms with Crippen LogP contribution in [0.25, 0.3) is 10.2 Å². The van der Waals surface area contributed by atoms with Crippen molar-refractivity contribution in [2.45, 2.75) is 31.6 Å². The first-order valence-corrected chi connectivity index (χ1v) is 12.7. The Kier molecular flexibility index (Phi) is 6.69. The first kappa shape index (κ1) is 22.0. The van der Waals surface area contributed by atoms with Crippen LogP contribution in [0.15, 0.2) is 54.6 Å². The minimum Gasteiger partial charge on any atom is -0.341 e. The number of anilines is 1. The topological polar surface area (TPSA) is 65.5 Å². The fourth-order valence-corrected chi connectivity index (χ4v) is 5.97. The second-order valence-corrected chi connectivity index (χ2v) is 10.2. The molecule has 33 heavy (non-hydrogen) atoms. The van der Waals surface area contributed by atoms with Crippen LogP contribution in [0, 0.1) is 5.92 Å². The Balaban J connectivity index is 1.11. The van der Waals surface area contributed by atoms with Gasteiger partial charge in [-0.05, 0) is 63.0 Å². The van der Waals surface area contributed by atoms with Crippen LogP contribution in [-0.4, -0.2) is 59.3 Å². The molecule has 2 fully saturated rings. The van der Waals surface area contributed by atoms with Gasteiger partial charge >= 0.3 is 0 Å². The van der Waals surface area contributed by atoms with E-state index in [9.17, 15) is 9.59 Å². The molecule has 0 bridgehead atoms. The van der Waals surface area contributed by atoms with Crippen molar-refractivity contribution in [3.05, 3.63) is 59.6 Å². The predicted molar refractivity (Wildman–Crippen MR) is 132 cm³/mol. The highest BCUT2D eigenvalue weighted by molar-refractivity contribution is 7.18. The van der Waals surface area contributed by atoms with Crippen LogP contribution >= 0.6 is 11.3 Å². The molecule has 0 aliphatic carbocycles. The summed E-state index contributed by atoms with van der Waals surface area (Å²) in [6.45, 7) is 3.60. The van der Waals surface area contributed by atoms with E-state index in [1.165, 1.54) is 4.70 Å². The summed E-state index contributed by atoms with van der Waals surface area (Å²) in [7, 11) is 0.